The molecule has 1 amide bonds. The van der Waals surface area contributed by atoms with Crippen molar-refractivity contribution in [3.05, 3.63) is 53.9 Å². The van der Waals surface area contributed by atoms with Gasteiger partial charge in [-0.25, -0.2) is 9.78 Å². The second-order valence-electron chi connectivity index (χ2n) is 11.3. The van der Waals surface area contributed by atoms with Gasteiger partial charge in [0.25, 0.3) is 5.91 Å². The van der Waals surface area contributed by atoms with Crippen LogP contribution in [0.4, 0.5) is 0 Å². The molecule has 1 unspecified atom stereocenters. The molecule has 0 bridgehead atoms. The van der Waals surface area contributed by atoms with Gasteiger partial charge in [-0.3, -0.25) is 19.2 Å². The maximum atomic E-state index is 13.4. The summed E-state index contributed by atoms with van der Waals surface area (Å²) in [6.45, 7) is 6.73. The number of hydrogen-bond acceptors (Lipinski definition) is 11. The number of nitrogens with one attached hydrogen (secondary N) is 1. The van der Waals surface area contributed by atoms with Gasteiger partial charge in [-0.15, -0.1) is 0 Å². The molecular weight excluding hydrogens is 576 g/mol. The lowest BCUT2D eigenvalue weighted by Crippen LogP contribution is -2.47. The first-order valence-corrected chi connectivity index (χ1v) is 14.1. The van der Waals surface area contributed by atoms with Gasteiger partial charge in [-0.1, -0.05) is 44.2 Å². The monoisotopic (exact) mass is 614 g/mol. The van der Waals surface area contributed by atoms with Crippen molar-refractivity contribution in [2.45, 2.75) is 59.3 Å². The van der Waals surface area contributed by atoms with Crippen molar-refractivity contribution in [2.75, 3.05) is 20.3 Å². The van der Waals surface area contributed by atoms with Crippen LogP contribution in [0, 0.1) is 17.3 Å². The smallest absolute Gasteiger partial charge is 0.332 e. The van der Waals surface area contributed by atoms with Crippen LogP contribution in [0.15, 0.2) is 42.6 Å². The van der Waals surface area contributed by atoms with E-state index in [2.05, 4.69) is 10.3 Å². The molecule has 1 aliphatic heterocycles. The Morgan fingerprint density at radius 2 is 1.80 bits per heavy atom. The van der Waals surface area contributed by atoms with Crippen LogP contribution in [-0.4, -0.2) is 78.4 Å². The Kier molecular flexibility index (Phi) is 11.3. The number of ether oxygens (including phenoxy) is 5. The predicted molar refractivity (Wildman–Crippen MR) is 154 cm³/mol. The molecule has 2 N–H and O–H groups in total. The average Bonchev–Trinajstić information content (AvgIpc) is 3.02. The highest BCUT2D eigenvalue weighted by Gasteiger charge is 2.42. The van der Waals surface area contributed by atoms with Crippen LogP contribution in [0.1, 0.15) is 50.7 Å². The van der Waals surface area contributed by atoms with Gasteiger partial charge in [0, 0.05) is 12.3 Å². The molecule has 3 rings (SSSR count). The molecule has 1 saturated heterocycles. The molecule has 0 spiro atoms. The topological polar surface area (TPSA) is 177 Å². The Labute approximate surface area is 255 Å². The maximum absolute atomic E-state index is 13.4. The van der Waals surface area contributed by atoms with Gasteiger partial charge in [-0.05, 0) is 32.8 Å². The number of cyclic esters (lactones) is 2. The van der Waals surface area contributed by atoms with Gasteiger partial charge in [0.15, 0.2) is 29.3 Å². The third-order valence-corrected chi connectivity index (χ3v) is 6.93. The first-order valence-electron chi connectivity index (χ1n) is 14.1. The molecule has 1 aromatic heterocycles. The summed E-state index contributed by atoms with van der Waals surface area (Å²) in [5.74, 6) is -5.89. The predicted octanol–water partition coefficient (Wildman–Crippen LogP) is 2.59. The molecule has 2 aromatic rings. The second-order valence-corrected chi connectivity index (χ2v) is 11.3. The zero-order valence-corrected chi connectivity index (χ0v) is 25.5. The van der Waals surface area contributed by atoms with E-state index in [4.69, 9.17) is 23.7 Å². The van der Waals surface area contributed by atoms with Gasteiger partial charge < -0.3 is 34.1 Å². The van der Waals surface area contributed by atoms with Crippen LogP contribution >= 0.6 is 0 Å². The molecule has 44 heavy (non-hydrogen) atoms. The lowest BCUT2D eigenvalue weighted by Gasteiger charge is -2.29. The largest absolute Gasteiger partial charge is 0.493 e. The van der Waals surface area contributed by atoms with E-state index in [1.54, 1.807) is 38.1 Å². The number of benzene rings is 1. The number of esters is 3. The fraction of sp³-hybridized carbons (Fsp3) is 0.484. The molecule has 4 atom stereocenters. The third-order valence-electron chi connectivity index (χ3n) is 6.93. The quantitative estimate of drug-likeness (QED) is 0.280. The summed E-state index contributed by atoms with van der Waals surface area (Å²) in [5, 5.41) is 11.9. The van der Waals surface area contributed by atoms with Crippen molar-refractivity contribution in [1.82, 2.24) is 10.3 Å². The van der Waals surface area contributed by atoms with E-state index in [0.717, 1.165) is 5.56 Å². The molecule has 0 radical (unpaired) electrons. The zero-order chi connectivity index (χ0) is 32.6. The number of carbonyl (C=O) groups excluding carboxylic acids is 4. The second kappa shape index (κ2) is 14.7. The average molecular weight is 615 g/mol. The number of carboxylic acids is 1. The zero-order valence-electron chi connectivity index (χ0n) is 25.5. The minimum atomic E-state index is -1.47. The first-order chi connectivity index (χ1) is 20.7. The highest BCUT2D eigenvalue weighted by atomic mass is 16.6. The summed E-state index contributed by atoms with van der Waals surface area (Å²) in [4.78, 5) is 68.3. The van der Waals surface area contributed by atoms with E-state index in [0.29, 0.717) is 0 Å². The lowest BCUT2D eigenvalue weighted by molar-refractivity contribution is -0.176. The fourth-order valence-corrected chi connectivity index (χ4v) is 4.18. The summed E-state index contributed by atoms with van der Waals surface area (Å²) in [6, 6.07) is 8.98. The van der Waals surface area contributed by atoms with Gasteiger partial charge in [0.2, 0.25) is 0 Å². The highest BCUT2D eigenvalue weighted by Crippen LogP contribution is 2.32. The van der Waals surface area contributed by atoms with E-state index in [9.17, 15) is 29.1 Å². The number of hydrogen-bond donors (Lipinski definition) is 2. The summed E-state index contributed by atoms with van der Waals surface area (Å²) in [6.07, 6.45) is -0.853. The molecular formula is C31H38N2O11. The van der Waals surface area contributed by atoms with E-state index in [1.807, 2.05) is 6.07 Å². The van der Waals surface area contributed by atoms with E-state index >= 15 is 0 Å². The standard InChI is InChI=1S/C31H38N2O11/c1-17(2)27(35)44-24-18(3)43-29(37)21(15-41-28(36)20(24)14-19-10-8-7-9-11-19)33-26(34)23-25(22(40-6)12-13-32-23)42-16-31(4,5)30(38)39/h7-13,17-18,20-21,24H,14-16H2,1-6H3,(H,33,34)(H,38,39)/t18-,20+,21?,24-/m0/s1. The number of carboxylic acid groups (broad SMARTS) is 1. The molecule has 13 nitrogen and oxygen atoms in total. The van der Waals surface area contributed by atoms with Crippen LogP contribution < -0.4 is 14.8 Å². The van der Waals surface area contributed by atoms with Gasteiger partial charge in [0.1, 0.15) is 25.2 Å². The first kappa shape index (κ1) is 33.8. The van der Waals surface area contributed by atoms with Crippen molar-refractivity contribution in [3.63, 3.8) is 0 Å². The van der Waals surface area contributed by atoms with Crippen LogP contribution in [0.3, 0.4) is 0 Å². The molecule has 238 valence electrons. The third kappa shape index (κ3) is 8.45. The van der Waals surface area contributed by atoms with Crippen LogP contribution in [0.25, 0.3) is 0 Å². The summed E-state index contributed by atoms with van der Waals surface area (Å²) in [7, 11) is 1.33. The summed E-state index contributed by atoms with van der Waals surface area (Å²) >= 11 is 0. The van der Waals surface area contributed by atoms with Crippen molar-refractivity contribution < 1.29 is 52.8 Å². The maximum Gasteiger partial charge on any atom is 0.332 e. The normalized spacial score (nSPS) is 20.7. The van der Waals surface area contributed by atoms with Crippen molar-refractivity contribution in [1.29, 1.82) is 0 Å². The van der Waals surface area contributed by atoms with Gasteiger partial charge in [-0.2, -0.15) is 0 Å². The molecule has 1 fully saturated rings. The summed E-state index contributed by atoms with van der Waals surface area (Å²) in [5.41, 5.74) is -0.847. The van der Waals surface area contributed by atoms with Crippen molar-refractivity contribution >= 4 is 29.8 Å². The molecule has 1 aliphatic rings. The Morgan fingerprint density at radius 1 is 1.11 bits per heavy atom. The fourth-order valence-electron chi connectivity index (χ4n) is 4.18. The van der Waals surface area contributed by atoms with Crippen molar-refractivity contribution in [2.24, 2.45) is 17.3 Å². The molecule has 0 saturated carbocycles. The van der Waals surface area contributed by atoms with E-state index in [-0.39, 0.29) is 30.2 Å². The minimum absolute atomic E-state index is 0.0991. The van der Waals surface area contributed by atoms with Gasteiger partial charge in [0.05, 0.1) is 18.4 Å². The van der Waals surface area contributed by atoms with E-state index in [1.165, 1.54) is 40.1 Å². The number of carbonyl (C=O) groups is 5. The number of nitrogens with zero attached hydrogens (tertiary/aromatic N) is 1. The number of amides is 1. The Bertz CT molecular complexity index is 1360. The SMILES string of the molecule is COc1ccnc(C(=O)NC2COC(=O)[C@H](Cc3ccccc3)[C@@H](OC(=O)C(C)C)[C@H](C)OC2=O)c1OCC(C)(C)C(=O)O. The number of rotatable bonds is 11. The van der Waals surface area contributed by atoms with Crippen LogP contribution in [0.5, 0.6) is 11.5 Å². The molecule has 1 aromatic carbocycles. The minimum Gasteiger partial charge on any atom is -0.493 e. The van der Waals surface area contributed by atoms with Gasteiger partial charge >= 0.3 is 23.9 Å². The number of pyridine rings is 1. The lowest BCUT2D eigenvalue weighted by atomic mass is 9.91. The molecule has 2 heterocycles. The van der Waals surface area contributed by atoms with Crippen LogP contribution in [-0.2, 0) is 39.8 Å². The Morgan fingerprint density at radius 3 is 2.41 bits per heavy atom. The molecule has 13 heteroatoms. The number of aliphatic carboxylic acids is 1. The molecule has 0 aliphatic carbocycles. The Balaban J connectivity index is 1.89. The van der Waals surface area contributed by atoms with Crippen LogP contribution in [0.2, 0.25) is 0 Å². The van der Waals surface area contributed by atoms with E-state index < -0.39 is 71.9 Å². The summed E-state index contributed by atoms with van der Waals surface area (Å²) < 4.78 is 27.7. The number of aromatic nitrogens is 1. The van der Waals surface area contributed by atoms with Crippen molar-refractivity contribution in [3.8, 4) is 11.5 Å². The number of methoxy groups -OCH3 is 1. The Hall–Kier alpha value is -4.68. The highest BCUT2D eigenvalue weighted by molar-refractivity contribution is 5.98.